The van der Waals surface area contributed by atoms with Crippen molar-refractivity contribution in [2.45, 2.75) is 20.3 Å². The van der Waals surface area contributed by atoms with E-state index in [2.05, 4.69) is 42.2 Å². The maximum Gasteiger partial charge on any atom is 0.0599 e. The van der Waals surface area contributed by atoms with E-state index < -0.39 is 0 Å². The lowest BCUT2D eigenvalue weighted by Gasteiger charge is -2.14. The lowest BCUT2D eigenvalue weighted by molar-refractivity contribution is 0.920. The van der Waals surface area contributed by atoms with E-state index in [4.69, 9.17) is 0 Å². The summed E-state index contributed by atoms with van der Waals surface area (Å²) in [5.74, 6) is 0. The van der Waals surface area contributed by atoms with Crippen LogP contribution in [0, 0.1) is 13.8 Å². The van der Waals surface area contributed by atoms with Crippen molar-refractivity contribution in [2.75, 3.05) is 11.6 Å². The predicted molar refractivity (Wildman–Crippen MR) is 56.4 cm³/mol. The van der Waals surface area contributed by atoms with Gasteiger partial charge < -0.3 is 0 Å². The van der Waals surface area contributed by atoms with Crippen LogP contribution in [0.5, 0.6) is 0 Å². The maximum atomic E-state index is 4.30. The molecule has 0 saturated heterocycles. The molecular weight excluding hydrogens is 160 g/mol. The SMILES string of the molecule is Cc1cc(C)cc(N2CCC=N2)c1. The lowest BCUT2D eigenvalue weighted by atomic mass is 10.1. The topological polar surface area (TPSA) is 15.6 Å². The molecule has 0 fully saturated rings. The van der Waals surface area contributed by atoms with E-state index in [-0.39, 0.29) is 0 Å². The van der Waals surface area contributed by atoms with Crippen LogP contribution in [-0.2, 0) is 0 Å². The van der Waals surface area contributed by atoms with Gasteiger partial charge in [-0.1, -0.05) is 6.07 Å². The molecule has 1 aromatic carbocycles. The monoisotopic (exact) mass is 174 g/mol. The molecule has 0 saturated carbocycles. The van der Waals surface area contributed by atoms with Crippen LogP contribution in [0.4, 0.5) is 5.69 Å². The van der Waals surface area contributed by atoms with E-state index in [1.807, 2.05) is 6.21 Å². The van der Waals surface area contributed by atoms with Gasteiger partial charge in [-0.2, -0.15) is 5.10 Å². The number of benzene rings is 1. The zero-order valence-electron chi connectivity index (χ0n) is 8.12. The molecule has 0 unspecified atom stereocenters. The van der Waals surface area contributed by atoms with Crippen LogP contribution in [0.2, 0.25) is 0 Å². The Morgan fingerprint density at radius 2 is 1.85 bits per heavy atom. The third-order valence-electron chi connectivity index (χ3n) is 2.20. The zero-order valence-corrected chi connectivity index (χ0v) is 8.12. The van der Waals surface area contributed by atoms with Gasteiger partial charge in [0.1, 0.15) is 0 Å². The van der Waals surface area contributed by atoms with Crippen molar-refractivity contribution in [3.63, 3.8) is 0 Å². The van der Waals surface area contributed by atoms with Gasteiger partial charge in [0.2, 0.25) is 0 Å². The Labute approximate surface area is 78.9 Å². The minimum Gasteiger partial charge on any atom is -0.265 e. The summed E-state index contributed by atoms with van der Waals surface area (Å²) in [5.41, 5.74) is 3.82. The summed E-state index contributed by atoms with van der Waals surface area (Å²) in [5, 5.41) is 6.35. The summed E-state index contributed by atoms with van der Waals surface area (Å²) in [6.07, 6.45) is 3.03. The highest BCUT2D eigenvalue weighted by Crippen LogP contribution is 2.20. The van der Waals surface area contributed by atoms with Crippen LogP contribution in [0.1, 0.15) is 17.5 Å². The van der Waals surface area contributed by atoms with Crippen LogP contribution in [0.25, 0.3) is 0 Å². The minimum absolute atomic E-state index is 1.02. The first-order chi connectivity index (χ1) is 6.25. The van der Waals surface area contributed by atoms with Crippen molar-refractivity contribution in [1.82, 2.24) is 0 Å². The molecule has 68 valence electrons. The van der Waals surface area contributed by atoms with Crippen LogP contribution < -0.4 is 5.01 Å². The van der Waals surface area contributed by atoms with E-state index >= 15 is 0 Å². The fourth-order valence-corrected chi connectivity index (χ4v) is 1.69. The van der Waals surface area contributed by atoms with Crippen molar-refractivity contribution < 1.29 is 0 Å². The van der Waals surface area contributed by atoms with Crippen molar-refractivity contribution in [3.8, 4) is 0 Å². The maximum absolute atomic E-state index is 4.30. The number of rotatable bonds is 1. The van der Waals surface area contributed by atoms with Crippen molar-refractivity contribution in [2.24, 2.45) is 5.10 Å². The third kappa shape index (κ3) is 1.72. The summed E-state index contributed by atoms with van der Waals surface area (Å²) in [6, 6.07) is 6.54. The Kier molecular flexibility index (Phi) is 2.05. The number of hydrogen-bond donors (Lipinski definition) is 0. The van der Waals surface area contributed by atoms with Crippen LogP contribution >= 0.6 is 0 Å². The van der Waals surface area contributed by atoms with Gasteiger partial charge in [0, 0.05) is 19.2 Å². The summed E-state index contributed by atoms with van der Waals surface area (Å²) >= 11 is 0. The average molecular weight is 174 g/mol. The molecule has 1 aliphatic rings. The van der Waals surface area contributed by atoms with Gasteiger partial charge in [-0.25, -0.2) is 0 Å². The number of aryl methyl sites for hydroxylation is 2. The smallest absolute Gasteiger partial charge is 0.0599 e. The highest BCUT2D eigenvalue weighted by molar-refractivity contribution is 5.65. The largest absolute Gasteiger partial charge is 0.265 e. The van der Waals surface area contributed by atoms with E-state index in [0.717, 1.165) is 13.0 Å². The summed E-state index contributed by atoms with van der Waals surface area (Å²) in [7, 11) is 0. The Bertz CT molecular complexity index is 322. The molecule has 0 bridgehead atoms. The number of hydrazone groups is 1. The minimum atomic E-state index is 1.02. The van der Waals surface area contributed by atoms with Crippen LogP contribution in [0.15, 0.2) is 23.3 Å². The second kappa shape index (κ2) is 3.21. The molecule has 1 aromatic rings. The molecule has 0 amide bonds. The quantitative estimate of drug-likeness (QED) is 0.638. The van der Waals surface area contributed by atoms with Crippen molar-refractivity contribution >= 4 is 11.9 Å². The van der Waals surface area contributed by atoms with Crippen LogP contribution in [-0.4, -0.2) is 12.8 Å². The van der Waals surface area contributed by atoms with Gasteiger partial charge in [-0.05, 0) is 37.1 Å². The molecule has 1 heterocycles. The molecular formula is C11H14N2. The van der Waals surface area contributed by atoms with E-state index in [0.29, 0.717) is 0 Å². The summed E-state index contributed by atoms with van der Waals surface area (Å²) in [4.78, 5) is 0. The van der Waals surface area contributed by atoms with E-state index in [9.17, 15) is 0 Å². The molecule has 0 aromatic heterocycles. The van der Waals surface area contributed by atoms with Gasteiger partial charge >= 0.3 is 0 Å². The third-order valence-corrected chi connectivity index (χ3v) is 2.20. The molecule has 2 nitrogen and oxygen atoms in total. The number of hydrogen-bond acceptors (Lipinski definition) is 2. The van der Waals surface area contributed by atoms with Gasteiger partial charge in [0.25, 0.3) is 0 Å². The summed E-state index contributed by atoms with van der Waals surface area (Å²) < 4.78 is 0. The Balaban J connectivity index is 2.34. The highest BCUT2D eigenvalue weighted by Gasteiger charge is 2.08. The first-order valence-corrected chi connectivity index (χ1v) is 4.64. The van der Waals surface area contributed by atoms with Gasteiger partial charge in [0.05, 0.1) is 5.69 Å². The second-order valence-corrected chi connectivity index (χ2v) is 3.56. The van der Waals surface area contributed by atoms with Crippen molar-refractivity contribution in [1.29, 1.82) is 0 Å². The van der Waals surface area contributed by atoms with Crippen molar-refractivity contribution in [3.05, 3.63) is 29.3 Å². The highest BCUT2D eigenvalue weighted by atomic mass is 15.5. The Hall–Kier alpha value is -1.31. The summed E-state index contributed by atoms with van der Waals surface area (Å²) in [6.45, 7) is 5.26. The molecule has 1 aliphatic heterocycles. The second-order valence-electron chi connectivity index (χ2n) is 3.56. The molecule has 0 aliphatic carbocycles. The van der Waals surface area contributed by atoms with Gasteiger partial charge in [0.15, 0.2) is 0 Å². The first kappa shape index (κ1) is 8.30. The first-order valence-electron chi connectivity index (χ1n) is 4.64. The number of nitrogens with zero attached hydrogens (tertiary/aromatic N) is 2. The van der Waals surface area contributed by atoms with E-state index in [1.54, 1.807) is 0 Å². The molecule has 0 spiro atoms. The predicted octanol–water partition coefficient (Wildman–Crippen LogP) is 2.50. The van der Waals surface area contributed by atoms with Gasteiger partial charge in [-0.3, -0.25) is 5.01 Å². The Morgan fingerprint density at radius 1 is 1.15 bits per heavy atom. The van der Waals surface area contributed by atoms with Gasteiger partial charge in [-0.15, -0.1) is 0 Å². The van der Waals surface area contributed by atoms with E-state index in [1.165, 1.54) is 16.8 Å². The molecule has 0 atom stereocenters. The molecule has 13 heavy (non-hydrogen) atoms. The normalized spacial score (nSPS) is 15.4. The average Bonchev–Trinajstić information content (AvgIpc) is 2.53. The lowest BCUT2D eigenvalue weighted by Crippen LogP contribution is -2.11. The Morgan fingerprint density at radius 3 is 2.38 bits per heavy atom. The zero-order chi connectivity index (χ0) is 9.26. The fraction of sp³-hybridized carbons (Fsp3) is 0.364. The molecule has 0 radical (unpaired) electrons. The number of anilines is 1. The molecule has 2 rings (SSSR count). The molecule has 0 N–H and O–H groups in total. The van der Waals surface area contributed by atoms with Crippen LogP contribution in [0.3, 0.4) is 0 Å². The standard InChI is InChI=1S/C11H14N2/c1-9-6-10(2)8-11(7-9)13-5-3-4-12-13/h4,6-8H,3,5H2,1-2H3. The fourth-order valence-electron chi connectivity index (χ4n) is 1.69. The molecule has 2 heteroatoms.